The molecular weight excluding hydrogens is 539 g/mol. The highest BCUT2D eigenvalue weighted by Crippen LogP contribution is 2.50. The largest absolute Gasteiger partial charge is 0.488 e. The Morgan fingerprint density at radius 2 is 1.87 bits per heavy atom. The van der Waals surface area contributed by atoms with Crippen LogP contribution in [0.25, 0.3) is 0 Å². The molecule has 0 spiro atoms. The standard InChI is InChI=1S/C33H28BrFN2O/c1-21-9-15-31-29(17-21)27-6-4-7-28(27)33(37-31)22-10-13-26(14-11-22)36-19-24-18-25(34)12-16-32(24)38-20-23-5-2-3-8-30(23)35/h2-6,8-19,27-28,33,37H,7,20H2,1H3/t27-,28-,33-/m1/s1. The summed E-state index contributed by atoms with van der Waals surface area (Å²) >= 11 is 3.53. The first-order chi connectivity index (χ1) is 18.5. The van der Waals surface area contributed by atoms with Gasteiger partial charge in [-0.05, 0) is 72.9 Å². The highest BCUT2D eigenvalue weighted by Gasteiger charge is 2.37. The Morgan fingerprint density at radius 1 is 1.03 bits per heavy atom. The summed E-state index contributed by atoms with van der Waals surface area (Å²) in [6.45, 7) is 2.31. The lowest BCUT2D eigenvalue weighted by molar-refractivity contribution is 0.299. The van der Waals surface area contributed by atoms with Gasteiger partial charge in [0.25, 0.3) is 0 Å². The van der Waals surface area contributed by atoms with E-state index < -0.39 is 0 Å². The van der Waals surface area contributed by atoms with Crippen LogP contribution >= 0.6 is 15.9 Å². The van der Waals surface area contributed by atoms with Crippen molar-refractivity contribution in [3.05, 3.63) is 135 Å². The molecule has 190 valence electrons. The van der Waals surface area contributed by atoms with E-state index in [0.717, 1.165) is 22.1 Å². The van der Waals surface area contributed by atoms with Crippen LogP contribution in [0.4, 0.5) is 15.8 Å². The van der Waals surface area contributed by atoms with Crippen LogP contribution in [0.15, 0.2) is 107 Å². The van der Waals surface area contributed by atoms with Crippen molar-refractivity contribution in [1.29, 1.82) is 0 Å². The zero-order valence-corrected chi connectivity index (χ0v) is 22.7. The first-order valence-electron chi connectivity index (χ1n) is 12.9. The first kappa shape index (κ1) is 24.6. The number of benzene rings is 4. The Balaban J connectivity index is 1.20. The normalized spacial score (nSPS) is 19.7. The Morgan fingerprint density at radius 3 is 2.71 bits per heavy atom. The van der Waals surface area contributed by atoms with Gasteiger partial charge in [-0.25, -0.2) is 4.39 Å². The number of hydrogen-bond acceptors (Lipinski definition) is 3. The molecule has 0 amide bonds. The lowest BCUT2D eigenvalue weighted by Crippen LogP contribution is -2.29. The van der Waals surface area contributed by atoms with Crippen LogP contribution in [0.2, 0.25) is 0 Å². The zero-order chi connectivity index (χ0) is 26.1. The molecule has 38 heavy (non-hydrogen) atoms. The minimum absolute atomic E-state index is 0.151. The molecule has 2 aliphatic rings. The fraction of sp³-hybridized carbons (Fsp3) is 0.182. The molecule has 0 unspecified atom stereocenters. The minimum atomic E-state index is -0.273. The molecule has 3 nitrogen and oxygen atoms in total. The Labute approximate surface area is 231 Å². The third-order valence-electron chi connectivity index (χ3n) is 7.44. The van der Waals surface area contributed by atoms with E-state index in [1.54, 1.807) is 24.4 Å². The smallest absolute Gasteiger partial charge is 0.129 e. The number of allylic oxidation sites excluding steroid dienone is 2. The van der Waals surface area contributed by atoms with Gasteiger partial charge in [-0.2, -0.15) is 0 Å². The SMILES string of the molecule is Cc1ccc2c(c1)[C@@H]1C=CC[C@H]1[C@@H](c1ccc(N=Cc3cc(Br)ccc3OCc3ccccc3F)cc1)N2. The Hall–Kier alpha value is -3.70. The van der Waals surface area contributed by atoms with E-state index in [-0.39, 0.29) is 18.5 Å². The minimum Gasteiger partial charge on any atom is -0.488 e. The molecule has 5 heteroatoms. The molecular formula is C33H28BrFN2O. The number of nitrogens with zero attached hydrogens (tertiary/aromatic N) is 1. The lowest BCUT2D eigenvalue weighted by atomic mass is 9.76. The van der Waals surface area contributed by atoms with Gasteiger partial charge in [0.15, 0.2) is 0 Å². The molecule has 1 aliphatic heterocycles. The topological polar surface area (TPSA) is 33.6 Å². The van der Waals surface area contributed by atoms with E-state index in [1.807, 2.05) is 18.2 Å². The molecule has 1 heterocycles. The van der Waals surface area contributed by atoms with Crippen LogP contribution < -0.4 is 10.1 Å². The fourth-order valence-corrected chi connectivity index (χ4v) is 5.86. The molecule has 0 aromatic heterocycles. The molecule has 0 fully saturated rings. The van der Waals surface area contributed by atoms with Crippen molar-refractivity contribution in [2.75, 3.05) is 5.32 Å². The highest BCUT2D eigenvalue weighted by atomic mass is 79.9. The van der Waals surface area contributed by atoms with Gasteiger partial charge in [0.1, 0.15) is 18.2 Å². The van der Waals surface area contributed by atoms with E-state index >= 15 is 0 Å². The molecule has 3 atom stereocenters. The average Bonchev–Trinajstić information content (AvgIpc) is 3.43. The van der Waals surface area contributed by atoms with Crippen molar-refractivity contribution in [3.63, 3.8) is 0 Å². The summed E-state index contributed by atoms with van der Waals surface area (Å²) in [4.78, 5) is 4.72. The summed E-state index contributed by atoms with van der Waals surface area (Å²) in [7, 11) is 0. The van der Waals surface area contributed by atoms with Crippen molar-refractivity contribution in [3.8, 4) is 5.75 Å². The van der Waals surface area contributed by atoms with Crippen molar-refractivity contribution in [1.82, 2.24) is 0 Å². The second kappa shape index (κ2) is 10.6. The van der Waals surface area contributed by atoms with Gasteiger partial charge in [0.2, 0.25) is 0 Å². The Bertz CT molecular complexity index is 1530. The molecule has 1 aliphatic carbocycles. The number of rotatable bonds is 6. The maximum atomic E-state index is 14.0. The first-order valence-corrected chi connectivity index (χ1v) is 13.7. The number of aliphatic imine (C=N–C) groups is 1. The van der Waals surface area contributed by atoms with E-state index in [1.165, 1.54) is 28.4 Å². The van der Waals surface area contributed by atoms with Gasteiger partial charge >= 0.3 is 0 Å². The predicted octanol–water partition coefficient (Wildman–Crippen LogP) is 9.05. The number of hydrogen-bond donors (Lipinski definition) is 1. The highest BCUT2D eigenvalue weighted by molar-refractivity contribution is 9.10. The van der Waals surface area contributed by atoms with Gasteiger partial charge in [-0.3, -0.25) is 4.99 Å². The zero-order valence-electron chi connectivity index (χ0n) is 21.1. The summed E-state index contributed by atoms with van der Waals surface area (Å²) in [5, 5.41) is 3.81. The van der Waals surface area contributed by atoms with E-state index in [9.17, 15) is 4.39 Å². The number of nitrogens with one attached hydrogen (secondary N) is 1. The van der Waals surface area contributed by atoms with Gasteiger partial charge in [0.05, 0.1) is 11.7 Å². The van der Waals surface area contributed by atoms with E-state index in [0.29, 0.717) is 23.1 Å². The quantitative estimate of drug-likeness (QED) is 0.186. The second-order valence-corrected chi connectivity index (χ2v) is 10.9. The maximum Gasteiger partial charge on any atom is 0.129 e. The third-order valence-corrected chi connectivity index (χ3v) is 7.93. The molecule has 0 saturated carbocycles. The van der Waals surface area contributed by atoms with E-state index in [2.05, 4.69) is 82.8 Å². The number of halogens is 2. The van der Waals surface area contributed by atoms with Gasteiger partial charge in [0, 0.05) is 33.4 Å². The molecule has 6 rings (SSSR count). The summed E-state index contributed by atoms with van der Waals surface area (Å²) in [5.74, 6) is 1.34. The van der Waals surface area contributed by atoms with Gasteiger partial charge in [-0.15, -0.1) is 0 Å². The molecule has 0 bridgehead atoms. The van der Waals surface area contributed by atoms with Crippen molar-refractivity contribution in [2.45, 2.75) is 31.9 Å². The average molecular weight is 568 g/mol. The van der Waals surface area contributed by atoms with Crippen molar-refractivity contribution < 1.29 is 9.13 Å². The Kier molecular flexibility index (Phi) is 6.86. The lowest BCUT2D eigenvalue weighted by Gasteiger charge is -2.37. The summed E-state index contributed by atoms with van der Waals surface area (Å²) in [6, 6.07) is 27.8. The van der Waals surface area contributed by atoms with Crippen molar-refractivity contribution in [2.24, 2.45) is 10.9 Å². The molecule has 4 aromatic carbocycles. The van der Waals surface area contributed by atoms with Crippen molar-refractivity contribution >= 4 is 33.5 Å². The van der Waals surface area contributed by atoms with Crippen LogP contribution in [0, 0.1) is 18.7 Å². The molecule has 4 aromatic rings. The van der Waals surface area contributed by atoms with Crippen LogP contribution in [-0.4, -0.2) is 6.21 Å². The third kappa shape index (κ3) is 5.03. The summed E-state index contributed by atoms with van der Waals surface area (Å²) < 4.78 is 20.9. The predicted molar refractivity (Wildman–Crippen MR) is 156 cm³/mol. The number of anilines is 1. The van der Waals surface area contributed by atoms with Crippen LogP contribution in [0.5, 0.6) is 5.75 Å². The van der Waals surface area contributed by atoms with E-state index in [4.69, 9.17) is 9.73 Å². The fourth-order valence-electron chi connectivity index (χ4n) is 5.48. The van der Waals surface area contributed by atoms with Crippen LogP contribution in [0.1, 0.15) is 46.2 Å². The van der Waals surface area contributed by atoms with Crippen LogP contribution in [-0.2, 0) is 6.61 Å². The maximum absolute atomic E-state index is 14.0. The monoisotopic (exact) mass is 566 g/mol. The molecule has 0 radical (unpaired) electrons. The summed E-state index contributed by atoms with van der Waals surface area (Å²) in [5.41, 5.74) is 7.41. The van der Waals surface area contributed by atoms with Gasteiger partial charge in [-0.1, -0.05) is 76.1 Å². The molecule has 0 saturated heterocycles. The number of ether oxygens (including phenoxy) is 1. The van der Waals surface area contributed by atoms with Gasteiger partial charge < -0.3 is 10.1 Å². The number of aryl methyl sites for hydroxylation is 1. The second-order valence-electron chi connectivity index (χ2n) is 9.98. The number of fused-ring (bicyclic) bond motifs is 3. The molecule has 1 N–H and O–H groups in total. The summed E-state index contributed by atoms with van der Waals surface area (Å²) in [6.07, 6.45) is 7.57. The van der Waals surface area contributed by atoms with Crippen LogP contribution in [0.3, 0.4) is 0 Å².